The van der Waals surface area contributed by atoms with Crippen molar-refractivity contribution in [2.24, 2.45) is 56.1 Å². The smallest absolute Gasteiger partial charge is 0.0573 e. The number of ether oxygens (including phenoxy) is 1. The van der Waals surface area contributed by atoms with Crippen LogP contribution >= 0.6 is 0 Å². The van der Waals surface area contributed by atoms with E-state index >= 15 is 0 Å². The van der Waals surface area contributed by atoms with Gasteiger partial charge in [-0.1, -0.05) is 0 Å². The summed E-state index contributed by atoms with van der Waals surface area (Å²) in [5.74, 6) is 0. The second-order valence-electron chi connectivity index (χ2n) is 16.7. The molecule has 0 aliphatic heterocycles. The van der Waals surface area contributed by atoms with Crippen LogP contribution in [0.1, 0.15) is 95.9 Å². The van der Waals surface area contributed by atoms with Crippen molar-refractivity contribution >= 4 is 0 Å². The maximum Gasteiger partial charge on any atom is 0.0573 e. The van der Waals surface area contributed by atoms with Crippen molar-refractivity contribution in [1.29, 1.82) is 0 Å². The first-order valence-electron chi connectivity index (χ1n) is 14.6. The third kappa shape index (κ3) is 7.62. The summed E-state index contributed by atoms with van der Waals surface area (Å²) in [7, 11) is 0. The van der Waals surface area contributed by atoms with Crippen LogP contribution in [0.15, 0.2) is 0 Å². The SMILES string of the molecule is CC(C)(N)CC(C(C)(C)N)(C(C)(C)N)C(CO)(CO)COCC(CO)(CO)C(CC(C)(C)N)(C(C)(C)N)C(C)(C)N. The molecule has 0 unspecified atom stereocenters. The van der Waals surface area contributed by atoms with E-state index in [0.717, 1.165) is 0 Å². The molecule has 0 atom stereocenters. The Morgan fingerprint density at radius 2 is 0.610 bits per heavy atom. The normalized spacial score (nSPS) is 16.0. The molecule has 0 bridgehead atoms. The van der Waals surface area contributed by atoms with E-state index in [1.165, 1.54) is 0 Å². The van der Waals surface area contributed by atoms with Crippen LogP contribution in [0.5, 0.6) is 0 Å². The Morgan fingerprint density at radius 1 is 0.415 bits per heavy atom. The first-order valence-corrected chi connectivity index (χ1v) is 14.6. The van der Waals surface area contributed by atoms with E-state index in [1.807, 2.05) is 27.7 Å². The van der Waals surface area contributed by atoms with Gasteiger partial charge in [-0.25, -0.2) is 0 Å². The van der Waals surface area contributed by atoms with Gasteiger partial charge in [0, 0.05) is 54.9 Å². The second-order valence-corrected chi connectivity index (χ2v) is 16.7. The highest BCUT2D eigenvalue weighted by molar-refractivity contribution is 5.20. The predicted octanol–water partition coefficient (Wildman–Crippen LogP) is 0.122. The summed E-state index contributed by atoms with van der Waals surface area (Å²) in [6.07, 6.45) is 0.499. The summed E-state index contributed by atoms with van der Waals surface area (Å²) in [5, 5.41) is 44.0. The van der Waals surface area contributed by atoms with Gasteiger partial charge >= 0.3 is 0 Å². The molecule has 16 N–H and O–H groups in total. The van der Waals surface area contributed by atoms with Crippen molar-refractivity contribution < 1.29 is 25.2 Å². The summed E-state index contributed by atoms with van der Waals surface area (Å²) in [6.45, 7) is 19.3. The average molecular weight is 593 g/mol. The molecule has 0 saturated heterocycles. The third-order valence-electron chi connectivity index (χ3n) is 9.62. The van der Waals surface area contributed by atoms with Crippen molar-refractivity contribution in [3.05, 3.63) is 0 Å². The zero-order valence-electron chi connectivity index (χ0n) is 28.3. The van der Waals surface area contributed by atoms with E-state index in [1.54, 1.807) is 55.4 Å². The quantitative estimate of drug-likeness (QED) is 0.102. The number of rotatable bonds is 18. The molecule has 0 aromatic carbocycles. The molecule has 0 aromatic rings. The van der Waals surface area contributed by atoms with E-state index in [9.17, 15) is 20.4 Å². The fourth-order valence-corrected chi connectivity index (χ4v) is 8.56. The molecule has 11 heteroatoms. The Kier molecular flexibility index (Phi) is 12.4. The highest BCUT2D eigenvalue weighted by Crippen LogP contribution is 2.59. The van der Waals surface area contributed by atoms with Crippen LogP contribution in [0.25, 0.3) is 0 Å². The lowest BCUT2D eigenvalue weighted by molar-refractivity contribution is -0.209. The zero-order chi connectivity index (χ0) is 33.4. The summed E-state index contributed by atoms with van der Waals surface area (Å²) in [4.78, 5) is 0. The van der Waals surface area contributed by atoms with Gasteiger partial charge in [-0.3, -0.25) is 0 Å². The van der Waals surface area contributed by atoms with Gasteiger partial charge in [0.1, 0.15) is 0 Å². The van der Waals surface area contributed by atoms with E-state index in [-0.39, 0.29) is 26.1 Å². The van der Waals surface area contributed by atoms with Gasteiger partial charge in [0.2, 0.25) is 0 Å². The Labute approximate surface area is 250 Å². The number of hydrogen-bond acceptors (Lipinski definition) is 11. The van der Waals surface area contributed by atoms with Gasteiger partial charge in [-0.2, -0.15) is 0 Å². The minimum Gasteiger partial charge on any atom is -0.396 e. The largest absolute Gasteiger partial charge is 0.396 e. The summed E-state index contributed by atoms with van der Waals surface area (Å²) in [5.41, 5.74) is 29.7. The molecule has 0 saturated carbocycles. The molecule has 0 heterocycles. The van der Waals surface area contributed by atoms with E-state index in [0.29, 0.717) is 0 Å². The summed E-state index contributed by atoms with van der Waals surface area (Å²) >= 11 is 0. The number of nitrogens with two attached hydrogens (primary N) is 6. The van der Waals surface area contributed by atoms with E-state index < -0.39 is 81.3 Å². The van der Waals surface area contributed by atoms with E-state index in [2.05, 4.69) is 0 Å². The van der Waals surface area contributed by atoms with Crippen molar-refractivity contribution in [3.63, 3.8) is 0 Å². The molecule has 248 valence electrons. The summed E-state index contributed by atoms with van der Waals surface area (Å²) < 4.78 is 6.41. The molecule has 0 spiro atoms. The van der Waals surface area contributed by atoms with Crippen LogP contribution in [0.2, 0.25) is 0 Å². The minimum absolute atomic E-state index is 0.211. The lowest BCUT2D eigenvalue weighted by atomic mass is 9.45. The van der Waals surface area contributed by atoms with Crippen molar-refractivity contribution in [3.8, 4) is 0 Å². The zero-order valence-corrected chi connectivity index (χ0v) is 28.3. The van der Waals surface area contributed by atoms with Crippen LogP contribution in [0.3, 0.4) is 0 Å². The molecule has 0 rings (SSSR count). The Balaban J connectivity index is 7.34. The maximum absolute atomic E-state index is 11.0. The molecule has 0 aliphatic carbocycles. The minimum atomic E-state index is -1.39. The lowest BCUT2D eigenvalue weighted by Gasteiger charge is -2.65. The highest BCUT2D eigenvalue weighted by Gasteiger charge is 2.67. The molecular formula is C30H68N6O5. The third-order valence-corrected chi connectivity index (χ3v) is 9.62. The number of hydrogen-bond donors (Lipinski definition) is 10. The Bertz CT molecular complexity index is 719. The maximum atomic E-state index is 11.0. The molecule has 0 fully saturated rings. The Morgan fingerprint density at radius 3 is 0.732 bits per heavy atom. The topological polar surface area (TPSA) is 246 Å². The van der Waals surface area contributed by atoms with Crippen molar-refractivity contribution in [2.45, 2.75) is 129 Å². The van der Waals surface area contributed by atoms with Crippen LogP contribution in [-0.2, 0) is 4.74 Å². The number of aliphatic hydroxyl groups excluding tert-OH is 4. The van der Waals surface area contributed by atoms with Gasteiger partial charge in [-0.15, -0.1) is 0 Å². The second kappa shape index (κ2) is 12.5. The standard InChI is InChI=1S/C30H68N6O5/c1-21(2,31)13-29(23(5,6)33,24(7,8)34)27(15-37,16-38)19-41-20-28(17-39,18-40)30(25(9,10)35,26(11,12)36)14-22(3,4)32/h37-40H,13-20,31-36H2,1-12H3. The van der Waals surface area contributed by atoms with Crippen molar-refractivity contribution in [1.82, 2.24) is 0 Å². The fraction of sp³-hybridized carbons (Fsp3) is 1.00. The van der Waals surface area contributed by atoms with Crippen LogP contribution in [-0.4, -0.2) is 93.3 Å². The van der Waals surface area contributed by atoms with Gasteiger partial charge < -0.3 is 59.6 Å². The fourth-order valence-electron chi connectivity index (χ4n) is 8.56. The first kappa shape index (κ1) is 40.6. The highest BCUT2D eigenvalue weighted by atomic mass is 16.5. The molecule has 41 heavy (non-hydrogen) atoms. The number of aliphatic hydroxyl groups is 4. The molecule has 0 aliphatic rings. The monoisotopic (exact) mass is 593 g/mol. The van der Waals surface area contributed by atoms with Crippen LogP contribution in [0, 0.1) is 21.7 Å². The predicted molar refractivity (Wildman–Crippen MR) is 168 cm³/mol. The molecule has 0 radical (unpaired) electrons. The van der Waals surface area contributed by atoms with Crippen molar-refractivity contribution in [2.75, 3.05) is 39.6 Å². The van der Waals surface area contributed by atoms with Gasteiger partial charge in [0.25, 0.3) is 0 Å². The first-order chi connectivity index (χ1) is 17.9. The summed E-state index contributed by atoms with van der Waals surface area (Å²) in [6, 6.07) is 0. The average Bonchev–Trinajstić information content (AvgIpc) is 2.72. The van der Waals surface area contributed by atoms with Crippen LogP contribution < -0.4 is 34.4 Å². The molecule has 0 aromatic heterocycles. The van der Waals surface area contributed by atoms with Gasteiger partial charge in [-0.05, 0) is 95.9 Å². The van der Waals surface area contributed by atoms with Gasteiger partial charge in [0.05, 0.1) is 39.6 Å². The van der Waals surface area contributed by atoms with E-state index in [4.69, 9.17) is 39.1 Å². The molecule has 11 nitrogen and oxygen atoms in total. The Hall–Kier alpha value is -0.440. The molecular weight excluding hydrogens is 524 g/mol. The van der Waals surface area contributed by atoms with Gasteiger partial charge in [0.15, 0.2) is 0 Å². The lowest BCUT2D eigenvalue weighted by Crippen LogP contribution is -2.77. The molecule has 0 amide bonds. The van der Waals surface area contributed by atoms with Crippen LogP contribution in [0.4, 0.5) is 0 Å².